The fourth-order valence-corrected chi connectivity index (χ4v) is 3.40. The zero-order valence-corrected chi connectivity index (χ0v) is 15.1. The fourth-order valence-electron chi connectivity index (χ4n) is 3.40. The molecule has 0 amide bonds. The molecular weight excluding hydrogens is 320 g/mol. The molecule has 2 heterocycles. The Kier molecular flexibility index (Phi) is 4.40. The van der Waals surface area contributed by atoms with Gasteiger partial charge in [0.2, 0.25) is 0 Å². The summed E-state index contributed by atoms with van der Waals surface area (Å²) in [5.74, 6) is 0.956. The number of benzene rings is 2. The summed E-state index contributed by atoms with van der Waals surface area (Å²) < 4.78 is 2.21. The van der Waals surface area contributed by atoms with Crippen molar-refractivity contribution >= 4 is 16.9 Å². The van der Waals surface area contributed by atoms with Gasteiger partial charge in [-0.3, -0.25) is 0 Å². The van der Waals surface area contributed by atoms with Crippen LogP contribution < -0.4 is 4.90 Å². The summed E-state index contributed by atoms with van der Waals surface area (Å²) in [7, 11) is 2.08. The average molecular weight is 342 g/mol. The number of nitrogens with zero attached hydrogens (tertiary/aromatic N) is 4. The zero-order chi connectivity index (χ0) is 17.9. The Labute approximate surface area is 153 Å². The standard InChI is InChI=1S/C22H22N4/c1-17(19-11-7-4-8-12-19)26-14-13-20-21(23-16-24-22(20)26)25(2)15-18-9-5-3-6-10-18/h3-14,16-17H,15H2,1-2H3. The van der Waals surface area contributed by atoms with Crippen molar-refractivity contribution in [2.24, 2.45) is 0 Å². The third-order valence-corrected chi connectivity index (χ3v) is 4.81. The van der Waals surface area contributed by atoms with E-state index in [9.17, 15) is 0 Å². The van der Waals surface area contributed by atoms with Crippen molar-refractivity contribution in [2.45, 2.75) is 19.5 Å². The Morgan fingerprint density at radius 3 is 2.35 bits per heavy atom. The quantitative estimate of drug-likeness (QED) is 0.528. The van der Waals surface area contributed by atoms with Crippen LogP contribution in [0.15, 0.2) is 79.3 Å². The van der Waals surface area contributed by atoms with E-state index in [1.165, 1.54) is 11.1 Å². The molecule has 0 N–H and O–H groups in total. The summed E-state index contributed by atoms with van der Waals surface area (Å²) in [5.41, 5.74) is 3.49. The Morgan fingerprint density at radius 2 is 1.62 bits per heavy atom. The van der Waals surface area contributed by atoms with Crippen LogP contribution in [0.5, 0.6) is 0 Å². The molecule has 0 aliphatic carbocycles. The van der Waals surface area contributed by atoms with Crippen molar-refractivity contribution in [3.8, 4) is 0 Å². The van der Waals surface area contributed by atoms with Crippen LogP contribution >= 0.6 is 0 Å². The minimum Gasteiger partial charge on any atom is -0.355 e. The molecule has 2 aromatic heterocycles. The van der Waals surface area contributed by atoms with E-state index in [2.05, 4.69) is 94.2 Å². The van der Waals surface area contributed by atoms with E-state index in [0.29, 0.717) is 0 Å². The van der Waals surface area contributed by atoms with Crippen molar-refractivity contribution in [1.82, 2.24) is 14.5 Å². The van der Waals surface area contributed by atoms with Gasteiger partial charge in [-0.1, -0.05) is 60.7 Å². The van der Waals surface area contributed by atoms with Crippen LogP contribution in [0.4, 0.5) is 5.82 Å². The SMILES string of the molecule is CC(c1ccccc1)n1ccc2c(N(C)Cc3ccccc3)ncnc21. The molecule has 0 fully saturated rings. The molecule has 0 saturated heterocycles. The predicted molar refractivity (Wildman–Crippen MR) is 106 cm³/mol. The van der Waals surface area contributed by atoms with Crippen LogP contribution in [0.2, 0.25) is 0 Å². The molecule has 130 valence electrons. The lowest BCUT2D eigenvalue weighted by Gasteiger charge is -2.20. The molecule has 0 spiro atoms. The highest BCUT2D eigenvalue weighted by Crippen LogP contribution is 2.28. The van der Waals surface area contributed by atoms with Crippen LogP contribution in [0.3, 0.4) is 0 Å². The minimum absolute atomic E-state index is 0.218. The molecule has 4 rings (SSSR count). The minimum atomic E-state index is 0.218. The maximum Gasteiger partial charge on any atom is 0.146 e. The van der Waals surface area contributed by atoms with Crippen molar-refractivity contribution in [3.05, 3.63) is 90.4 Å². The summed E-state index contributed by atoms with van der Waals surface area (Å²) in [6.45, 7) is 3.01. The average Bonchev–Trinajstić information content (AvgIpc) is 3.13. The van der Waals surface area contributed by atoms with Gasteiger partial charge in [0.1, 0.15) is 17.8 Å². The van der Waals surface area contributed by atoms with Crippen molar-refractivity contribution < 1.29 is 0 Å². The highest BCUT2D eigenvalue weighted by molar-refractivity contribution is 5.88. The lowest BCUT2D eigenvalue weighted by Crippen LogP contribution is -2.18. The van der Waals surface area contributed by atoms with E-state index in [4.69, 9.17) is 0 Å². The van der Waals surface area contributed by atoms with E-state index in [1.54, 1.807) is 6.33 Å². The van der Waals surface area contributed by atoms with Crippen LogP contribution in [0, 0.1) is 0 Å². The van der Waals surface area contributed by atoms with Gasteiger partial charge < -0.3 is 9.47 Å². The summed E-state index contributed by atoms with van der Waals surface area (Å²) in [4.78, 5) is 11.3. The Hall–Kier alpha value is -3.14. The fraction of sp³-hybridized carbons (Fsp3) is 0.182. The van der Waals surface area contributed by atoms with Gasteiger partial charge in [0, 0.05) is 19.8 Å². The number of fused-ring (bicyclic) bond motifs is 1. The highest BCUT2D eigenvalue weighted by Gasteiger charge is 2.16. The first-order chi connectivity index (χ1) is 12.7. The van der Waals surface area contributed by atoms with E-state index < -0.39 is 0 Å². The predicted octanol–water partition coefficient (Wildman–Crippen LogP) is 4.68. The summed E-state index contributed by atoms with van der Waals surface area (Å²) in [6, 6.07) is 23.3. The Morgan fingerprint density at radius 1 is 0.923 bits per heavy atom. The molecule has 4 nitrogen and oxygen atoms in total. The summed E-state index contributed by atoms with van der Waals surface area (Å²) in [5, 5.41) is 1.08. The molecule has 2 aromatic carbocycles. The van der Waals surface area contributed by atoms with Crippen LogP contribution in [-0.4, -0.2) is 21.6 Å². The maximum absolute atomic E-state index is 4.56. The number of rotatable bonds is 5. The van der Waals surface area contributed by atoms with Crippen molar-refractivity contribution in [2.75, 3.05) is 11.9 Å². The molecule has 1 atom stereocenters. The second-order valence-electron chi connectivity index (χ2n) is 6.59. The van der Waals surface area contributed by atoms with Crippen LogP contribution in [-0.2, 0) is 6.54 Å². The van der Waals surface area contributed by atoms with Gasteiger partial charge in [-0.15, -0.1) is 0 Å². The molecule has 26 heavy (non-hydrogen) atoms. The van der Waals surface area contributed by atoms with Gasteiger partial charge in [0.15, 0.2) is 0 Å². The highest BCUT2D eigenvalue weighted by atomic mass is 15.2. The second kappa shape index (κ2) is 7.00. The molecule has 4 aromatic rings. The molecule has 4 heteroatoms. The number of anilines is 1. The largest absolute Gasteiger partial charge is 0.355 e. The molecule has 0 radical (unpaired) electrons. The third-order valence-electron chi connectivity index (χ3n) is 4.81. The first-order valence-corrected chi connectivity index (χ1v) is 8.85. The van der Waals surface area contributed by atoms with E-state index >= 15 is 0 Å². The monoisotopic (exact) mass is 342 g/mol. The van der Waals surface area contributed by atoms with Crippen LogP contribution in [0.1, 0.15) is 24.1 Å². The topological polar surface area (TPSA) is 34.0 Å². The van der Waals surface area contributed by atoms with Gasteiger partial charge in [0.05, 0.1) is 11.4 Å². The lowest BCUT2D eigenvalue weighted by atomic mass is 10.1. The molecule has 1 unspecified atom stereocenters. The van der Waals surface area contributed by atoms with Crippen molar-refractivity contribution in [3.63, 3.8) is 0 Å². The van der Waals surface area contributed by atoms with Crippen LogP contribution in [0.25, 0.3) is 11.0 Å². The molecule has 0 aliphatic rings. The first kappa shape index (κ1) is 16.3. The molecule has 0 aliphatic heterocycles. The normalized spacial score (nSPS) is 12.2. The van der Waals surface area contributed by atoms with Gasteiger partial charge in [-0.25, -0.2) is 9.97 Å². The molecule has 0 saturated carbocycles. The van der Waals surface area contributed by atoms with E-state index in [1.807, 2.05) is 12.1 Å². The van der Waals surface area contributed by atoms with Crippen molar-refractivity contribution in [1.29, 1.82) is 0 Å². The number of aromatic nitrogens is 3. The maximum atomic E-state index is 4.56. The summed E-state index contributed by atoms with van der Waals surface area (Å²) in [6.07, 6.45) is 3.77. The molecular formula is C22H22N4. The van der Waals surface area contributed by atoms with Gasteiger partial charge >= 0.3 is 0 Å². The van der Waals surface area contributed by atoms with Gasteiger partial charge in [-0.2, -0.15) is 0 Å². The Balaban J connectivity index is 1.69. The van der Waals surface area contributed by atoms with Gasteiger partial charge in [-0.05, 0) is 24.1 Å². The zero-order valence-electron chi connectivity index (χ0n) is 15.1. The second-order valence-corrected chi connectivity index (χ2v) is 6.59. The first-order valence-electron chi connectivity index (χ1n) is 8.85. The number of hydrogen-bond acceptors (Lipinski definition) is 3. The number of hydrogen-bond donors (Lipinski definition) is 0. The molecule has 0 bridgehead atoms. The van der Waals surface area contributed by atoms with Gasteiger partial charge in [0.25, 0.3) is 0 Å². The lowest BCUT2D eigenvalue weighted by molar-refractivity contribution is 0.657. The Bertz CT molecular complexity index is 993. The smallest absolute Gasteiger partial charge is 0.146 e. The van der Waals surface area contributed by atoms with E-state index in [0.717, 1.165) is 23.4 Å². The third kappa shape index (κ3) is 3.06. The summed E-state index contributed by atoms with van der Waals surface area (Å²) >= 11 is 0. The van der Waals surface area contributed by atoms with E-state index in [-0.39, 0.29) is 6.04 Å².